The maximum absolute atomic E-state index is 12.8. The van der Waals surface area contributed by atoms with E-state index in [1.807, 2.05) is 27.7 Å². The standard InChI is InChI=1S/C19H23N7O2/c1-8-9-10-26-17(27)12(20-6)11(2)13(18(26)28)22-24-16-14(21-7)15(23-25-16)19(3,4)5/h27H,8-10H2,1-5H3,(H,23,25). The third-order valence-electron chi connectivity index (χ3n) is 4.30. The van der Waals surface area contributed by atoms with Gasteiger partial charge in [-0.2, -0.15) is 5.10 Å². The Balaban J connectivity index is 2.62. The van der Waals surface area contributed by atoms with Crippen LogP contribution in [0.2, 0.25) is 0 Å². The zero-order chi connectivity index (χ0) is 21.1. The molecule has 0 saturated carbocycles. The molecule has 2 N–H and O–H groups in total. The quantitative estimate of drug-likeness (QED) is 0.549. The van der Waals surface area contributed by atoms with Gasteiger partial charge in [0.2, 0.25) is 11.5 Å². The van der Waals surface area contributed by atoms with E-state index in [4.69, 9.17) is 13.1 Å². The fourth-order valence-corrected chi connectivity index (χ4v) is 2.69. The van der Waals surface area contributed by atoms with E-state index in [2.05, 4.69) is 30.1 Å². The van der Waals surface area contributed by atoms with Gasteiger partial charge >= 0.3 is 0 Å². The third-order valence-corrected chi connectivity index (χ3v) is 4.30. The lowest BCUT2D eigenvalue weighted by atomic mass is 9.91. The molecule has 0 saturated heterocycles. The van der Waals surface area contributed by atoms with Crippen molar-refractivity contribution in [1.29, 1.82) is 0 Å². The van der Waals surface area contributed by atoms with E-state index in [-0.39, 0.29) is 46.3 Å². The summed E-state index contributed by atoms with van der Waals surface area (Å²) >= 11 is 0. The predicted molar refractivity (Wildman–Crippen MR) is 106 cm³/mol. The van der Waals surface area contributed by atoms with Crippen LogP contribution in [0.25, 0.3) is 9.69 Å². The highest BCUT2D eigenvalue weighted by atomic mass is 16.3. The van der Waals surface area contributed by atoms with E-state index in [1.54, 1.807) is 0 Å². The second-order valence-corrected chi connectivity index (χ2v) is 7.40. The number of aromatic hydroxyl groups is 1. The number of pyridine rings is 1. The van der Waals surface area contributed by atoms with Gasteiger partial charge in [0.1, 0.15) is 5.69 Å². The van der Waals surface area contributed by atoms with Crippen LogP contribution in [0, 0.1) is 20.1 Å². The van der Waals surface area contributed by atoms with Crippen LogP contribution in [0.4, 0.5) is 22.9 Å². The molecule has 0 unspecified atom stereocenters. The van der Waals surface area contributed by atoms with Crippen LogP contribution in [0.15, 0.2) is 15.0 Å². The van der Waals surface area contributed by atoms with Gasteiger partial charge in [-0.1, -0.05) is 34.1 Å². The molecule has 0 fully saturated rings. The molecule has 0 amide bonds. The Kier molecular flexibility index (Phi) is 5.99. The summed E-state index contributed by atoms with van der Waals surface area (Å²) in [6.45, 7) is 24.3. The Hall–Kier alpha value is -3.46. The van der Waals surface area contributed by atoms with Crippen LogP contribution >= 0.6 is 0 Å². The largest absolute Gasteiger partial charge is 0.503 e. The number of hydrogen-bond donors (Lipinski definition) is 2. The Bertz CT molecular complexity index is 1060. The number of rotatable bonds is 5. The molecule has 0 aliphatic rings. The number of aromatic amines is 1. The van der Waals surface area contributed by atoms with Gasteiger partial charge < -0.3 is 5.11 Å². The zero-order valence-electron chi connectivity index (χ0n) is 16.7. The van der Waals surface area contributed by atoms with E-state index >= 15 is 0 Å². The number of H-pyrrole nitrogens is 1. The third kappa shape index (κ3) is 3.79. The van der Waals surface area contributed by atoms with Crippen LogP contribution in [0.1, 0.15) is 51.8 Å². The van der Waals surface area contributed by atoms with Gasteiger partial charge in [-0.15, -0.1) is 10.2 Å². The summed E-state index contributed by atoms with van der Waals surface area (Å²) in [4.78, 5) is 19.6. The maximum Gasteiger partial charge on any atom is 0.279 e. The first-order valence-electron chi connectivity index (χ1n) is 8.89. The number of hydrogen-bond acceptors (Lipinski definition) is 5. The number of unbranched alkanes of at least 4 members (excludes halogenated alkanes) is 1. The van der Waals surface area contributed by atoms with Crippen LogP contribution in [-0.2, 0) is 12.0 Å². The van der Waals surface area contributed by atoms with Gasteiger partial charge in [0.15, 0.2) is 5.88 Å². The number of nitrogens with one attached hydrogen (secondary N) is 1. The molecule has 28 heavy (non-hydrogen) atoms. The molecular weight excluding hydrogens is 358 g/mol. The number of aromatic nitrogens is 3. The minimum atomic E-state index is -0.532. The zero-order valence-corrected chi connectivity index (χ0v) is 16.7. The first kappa shape index (κ1) is 20.8. The summed E-state index contributed by atoms with van der Waals surface area (Å²) in [5.74, 6) is -0.280. The lowest BCUT2D eigenvalue weighted by Gasteiger charge is -2.16. The van der Waals surface area contributed by atoms with Crippen molar-refractivity contribution in [2.24, 2.45) is 10.2 Å². The molecule has 2 heterocycles. The fraction of sp³-hybridized carbons (Fsp3) is 0.474. The molecule has 0 radical (unpaired) electrons. The molecular formula is C19H23N7O2. The summed E-state index contributed by atoms with van der Waals surface area (Å²) in [6, 6.07) is 0. The van der Waals surface area contributed by atoms with Crippen molar-refractivity contribution < 1.29 is 5.11 Å². The summed E-state index contributed by atoms with van der Waals surface area (Å²) in [7, 11) is 0. The molecule has 146 valence electrons. The van der Waals surface area contributed by atoms with E-state index in [0.29, 0.717) is 12.1 Å². The summed E-state index contributed by atoms with van der Waals surface area (Å²) < 4.78 is 1.14. The van der Waals surface area contributed by atoms with Crippen molar-refractivity contribution in [3.05, 3.63) is 44.4 Å². The Morgan fingerprint density at radius 3 is 2.39 bits per heavy atom. The second-order valence-electron chi connectivity index (χ2n) is 7.40. The first-order valence-corrected chi connectivity index (χ1v) is 8.89. The monoisotopic (exact) mass is 381 g/mol. The highest BCUT2D eigenvalue weighted by molar-refractivity contribution is 5.69. The van der Waals surface area contributed by atoms with Gasteiger partial charge in [0.25, 0.3) is 11.2 Å². The van der Waals surface area contributed by atoms with Crippen LogP contribution in [0.3, 0.4) is 0 Å². The van der Waals surface area contributed by atoms with Crippen molar-refractivity contribution in [3.8, 4) is 5.88 Å². The minimum absolute atomic E-state index is 0.0348. The molecule has 9 heteroatoms. The highest BCUT2D eigenvalue weighted by Crippen LogP contribution is 2.38. The van der Waals surface area contributed by atoms with Crippen molar-refractivity contribution in [2.45, 2.75) is 59.4 Å². The van der Waals surface area contributed by atoms with E-state index in [1.165, 1.54) is 6.92 Å². The molecule has 0 spiro atoms. The maximum atomic E-state index is 12.8. The smallest absolute Gasteiger partial charge is 0.279 e. The molecule has 0 aliphatic carbocycles. The molecule has 0 bridgehead atoms. The average molecular weight is 381 g/mol. The molecule has 2 aromatic heterocycles. The second kappa shape index (κ2) is 8.05. The van der Waals surface area contributed by atoms with Crippen molar-refractivity contribution in [3.63, 3.8) is 0 Å². The number of nitrogens with zero attached hydrogens (tertiary/aromatic N) is 6. The molecule has 2 aromatic rings. The molecule has 0 aromatic carbocycles. The predicted octanol–water partition coefficient (Wildman–Crippen LogP) is 5.20. The Labute approximate surface area is 163 Å². The van der Waals surface area contributed by atoms with E-state index in [0.717, 1.165) is 11.0 Å². The SMILES string of the molecule is [C-]#[N+]c1c(N=Nc2c(C)c([N+]#[C-])c(O)n(CCCC)c2=O)n[nH]c1C(C)(C)C. The molecule has 2 rings (SSSR count). The lowest BCUT2D eigenvalue weighted by molar-refractivity contribution is 0.405. The Morgan fingerprint density at radius 1 is 1.21 bits per heavy atom. The van der Waals surface area contributed by atoms with E-state index < -0.39 is 5.56 Å². The van der Waals surface area contributed by atoms with Crippen LogP contribution in [-0.4, -0.2) is 19.9 Å². The van der Waals surface area contributed by atoms with Crippen molar-refractivity contribution >= 4 is 22.9 Å². The van der Waals surface area contributed by atoms with Gasteiger partial charge in [-0.05, 0) is 24.3 Å². The van der Waals surface area contributed by atoms with Gasteiger partial charge in [-0.25, -0.2) is 9.69 Å². The summed E-state index contributed by atoms with van der Waals surface area (Å²) in [6.07, 6.45) is 1.49. The highest BCUT2D eigenvalue weighted by Gasteiger charge is 2.24. The molecule has 0 atom stereocenters. The van der Waals surface area contributed by atoms with Gasteiger partial charge in [-0.3, -0.25) is 14.5 Å². The first-order chi connectivity index (χ1) is 13.2. The van der Waals surface area contributed by atoms with Crippen molar-refractivity contribution in [1.82, 2.24) is 14.8 Å². The van der Waals surface area contributed by atoms with Crippen LogP contribution in [0.5, 0.6) is 5.88 Å². The summed E-state index contributed by atoms with van der Waals surface area (Å²) in [5.41, 5.74) is 0.161. The fourth-order valence-electron chi connectivity index (χ4n) is 2.69. The van der Waals surface area contributed by atoms with Crippen molar-refractivity contribution in [2.75, 3.05) is 0 Å². The lowest BCUT2D eigenvalue weighted by Crippen LogP contribution is -2.20. The van der Waals surface area contributed by atoms with Crippen LogP contribution < -0.4 is 5.56 Å². The summed E-state index contributed by atoms with van der Waals surface area (Å²) in [5, 5.41) is 25.1. The number of azo groups is 1. The Morgan fingerprint density at radius 2 is 1.86 bits per heavy atom. The topological polar surface area (TPSA) is 104 Å². The molecule has 9 nitrogen and oxygen atoms in total. The normalized spacial score (nSPS) is 11.5. The van der Waals surface area contributed by atoms with E-state index in [9.17, 15) is 9.90 Å². The molecule has 0 aliphatic heterocycles. The van der Waals surface area contributed by atoms with Gasteiger partial charge in [0, 0.05) is 12.2 Å². The minimum Gasteiger partial charge on any atom is -0.503 e. The average Bonchev–Trinajstić information content (AvgIpc) is 3.05. The van der Waals surface area contributed by atoms with Gasteiger partial charge in [0.05, 0.1) is 13.1 Å².